The zero-order chi connectivity index (χ0) is 15.8. The van der Waals surface area contributed by atoms with Crippen molar-refractivity contribution in [1.82, 2.24) is 0 Å². The lowest BCUT2D eigenvalue weighted by Gasteiger charge is -2.11. The third-order valence-electron chi connectivity index (χ3n) is 3.18. The summed E-state index contributed by atoms with van der Waals surface area (Å²) in [5, 5.41) is 17.8. The average molecular weight is 288 g/mol. The van der Waals surface area contributed by atoms with E-state index >= 15 is 0 Å². The van der Waals surface area contributed by atoms with Gasteiger partial charge in [0.2, 0.25) is 0 Å². The highest BCUT2D eigenvalue weighted by Gasteiger charge is 2.13. The summed E-state index contributed by atoms with van der Waals surface area (Å²) in [6.07, 6.45) is 6.71. The van der Waals surface area contributed by atoms with Gasteiger partial charge in [0.1, 0.15) is 0 Å². The molecule has 4 heteroatoms. The fraction of sp³-hybridized carbons (Fsp3) is 0.294. The summed E-state index contributed by atoms with van der Waals surface area (Å²) >= 11 is 0. The van der Waals surface area contributed by atoms with Gasteiger partial charge in [0.15, 0.2) is 0 Å². The average Bonchev–Trinajstić information content (AvgIpc) is 2.75. The molecule has 4 nitrogen and oxygen atoms in total. The Bertz CT molecular complexity index is 553. The molecule has 0 heterocycles. The van der Waals surface area contributed by atoms with Gasteiger partial charge in [0.05, 0.1) is 11.1 Å². The molecule has 1 aromatic rings. The van der Waals surface area contributed by atoms with E-state index in [0.29, 0.717) is 12.0 Å². The molecule has 2 N–H and O–H groups in total. The monoisotopic (exact) mass is 288 g/mol. The van der Waals surface area contributed by atoms with Crippen LogP contribution in [-0.4, -0.2) is 22.2 Å². The van der Waals surface area contributed by atoms with E-state index in [9.17, 15) is 9.59 Å². The molecule has 21 heavy (non-hydrogen) atoms. The first-order valence-electron chi connectivity index (χ1n) is 7.03. The summed E-state index contributed by atoms with van der Waals surface area (Å²) in [6.45, 7) is 4.00. The topological polar surface area (TPSA) is 74.6 Å². The van der Waals surface area contributed by atoms with Crippen LogP contribution in [0.3, 0.4) is 0 Å². The van der Waals surface area contributed by atoms with Crippen LogP contribution in [0.25, 0.3) is 0 Å². The van der Waals surface area contributed by atoms with Crippen LogP contribution < -0.4 is 0 Å². The van der Waals surface area contributed by atoms with Crippen LogP contribution in [0.4, 0.5) is 0 Å². The zero-order valence-electron chi connectivity index (χ0n) is 12.2. The maximum atomic E-state index is 10.9. The van der Waals surface area contributed by atoms with Gasteiger partial charge in [0.25, 0.3) is 0 Å². The number of aromatic carboxylic acids is 1. The number of carboxylic acid groups (broad SMARTS) is 2. The third-order valence-corrected chi connectivity index (χ3v) is 3.18. The molecular formula is C17H20O4. The van der Waals surface area contributed by atoms with Gasteiger partial charge < -0.3 is 10.2 Å². The number of benzene rings is 1. The first-order valence-corrected chi connectivity index (χ1v) is 7.03. The van der Waals surface area contributed by atoms with Gasteiger partial charge in [-0.3, -0.25) is 0 Å². The van der Waals surface area contributed by atoms with Gasteiger partial charge in [-0.1, -0.05) is 44.2 Å². The van der Waals surface area contributed by atoms with Crippen LogP contribution in [0, 0.1) is 0 Å². The van der Waals surface area contributed by atoms with Crippen molar-refractivity contribution in [2.45, 2.75) is 32.6 Å². The fourth-order valence-electron chi connectivity index (χ4n) is 2.11. The largest absolute Gasteiger partial charge is 0.478 e. The van der Waals surface area contributed by atoms with Gasteiger partial charge in [-0.15, -0.1) is 0 Å². The first kappa shape index (κ1) is 16.7. The van der Waals surface area contributed by atoms with Crippen molar-refractivity contribution in [3.8, 4) is 0 Å². The Morgan fingerprint density at radius 2 is 1.67 bits per heavy atom. The Kier molecular flexibility index (Phi) is 6.40. The predicted octanol–water partition coefficient (Wildman–Crippen LogP) is 3.86. The lowest BCUT2D eigenvalue weighted by atomic mass is 9.94. The van der Waals surface area contributed by atoms with Crippen molar-refractivity contribution < 1.29 is 19.8 Å². The standard InChI is InChI=1S/C15H14O4.C2H6/c16-14(17)12-3-1-2-10(4-7-12)11-5-8-13(9-6-11)15(18)19;1-2/h3-10H,1-2H2,(H,16,17)(H,18,19);1-2H3. The van der Waals surface area contributed by atoms with Gasteiger partial charge in [-0.05, 0) is 30.5 Å². The highest BCUT2D eigenvalue weighted by atomic mass is 16.4. The normalized spacial score (nSPS) is 17.0. The minimum Gasteiger partial charge on any atom is -0.478 e. The van der Waals surface area contributed by atoms with Crippen molar-refractivity contribution >= 4 is 11.9 Å². The Morgan fingerprint density at radius 1 is 1.05 bits per heavy atom. The maximum absolute atomic E-state index is 10.9. The van der Waals surface area contributed by atoms with Crippen LogP contribution in [-0.2, 0) is 4.79 Å². The third kappa shape index (κ3) is 4.60. The molecule has 0 aliphatic heterocycles. The Hall–Kier alpha value is -2.36. The highest BCUT2D eigenvalue weighted by molar-refractivity contribution is 5.90. The number of hydrogen-bond donors (Lipinski definition) is 2. The molecule has 1 atom stereocenters. The molecule has 1 aromatic carbocycles. The first-order chi connectivity index (χ1) is 10.1. The van der Waals surface area contributed by atoms with Crippen LogP contribution in [0.15, 0.2) is 48.1 Å². The minimum absolute atomic E-state index is 0.121. The van der Waals surface area contributed by atoms with E-state index in [4.69, 9.17) is 10.2 Å². The van der Waals surface area contributed by atoms with E-state index in [1.54, 1.807) is 36.4 Å². The zero-order valence-corrected chi connectivity index (χ0v) is 12.2. The minimum atomic E-state index is -0.946. The molecule has 0 radical (unpaired) electrons. The molecule has 2 rings (SSSR count). The second-order valence-corrected chi connectivity index (χ2v) is 4.43. The molecule has 0 bridgehead atoms. The van der Waals surface area contributed by atoms with Crippen LogP contribution in [0.1, 0.15) is 48.5 Å². The van der Waals surface area contributed by atoms with Crippen molar-refractivity contribution in [3.63, 3.8) is 0 Å². The molecule has 1 unspecified atom stereocenters. The molecule has 0 spiro atoms. The quantitative estimate of drug-likeness (QED) is 0.885. The fourth-order valence-corrected chi connectivity index (χ4v) is 2.11. The maximum Gasteiger partial charge on any atom is 0.335 e. The summed E-state index contributed by atoms with van der Waals surface area (Å²) in [4.78, 5) is 21.7. The van der Waals surface area contributed by atoms with E-state index in [1.807, 2.05) is 19.9 Å². The Balaban J connectivity index is 0.00000106. The lowest BCUT2D eigenvalue weighted by Crippen LogP contribution is -1.98. The second kappa shape index (κ2) is 8.04. The van der Waals surface area contributed by atoms with Gasteiger partial charge >= 0.3 is 11.9 Å². The number of hydrogen-bond acceptors (Lipinski definition) is 2. The van der Waals surface area contributed by atoms with E-state index in [-0.39, 0.29) is 11.5 Å². The molecule has 112 valence electrons. The highest BCUT2D eigenvalue weighted by Crippen LogP contribution is 2.26. The van der Waals surface area contributed by atoms with Crippen LogP contribution in [0.2, 0.25) is 0 Å². The van der Waals surface area contributed by atoms with Gasteiger partial charge in [0, 0.05) is 5.92 Å². The smallest absolute Gasteiger partial charge is 0.335 e. The van der Waals surface area contributed by atoms with E-state index in [2.05, 4.69) is 0 Å². The lowest BCUT2D eigenvalue weighted by molar-refractivity contribution is -0.132. The second-order valence-electron chi connectivity index (χ2n) is 4.43. The van der Waals surface area contributed by atoms with E-state index < -0.39 is 11.9 Å². The summed E-state index contributed by atoms with van der Waals surface area (Å²) < 4.78 is 0. The molecule has 0 aromatic heterocycles. The van der Waals surface area contributed by atoms with E-state index in [0.717, 1.165) is 12.0 Å². The number of allylic oxidation sites excluding steroid dienone is 2. The number of carboxylic acids is 2. The van der Waals surface area contributed by atoms with Crippen molar-refractivity contribution in [2.75, 3.05) is 0 Å². The molecule has 0 fully saturated rings. The summed E-state index contributed by atoms with van der Waals surface area (Å²) in [5.41, 5.74) is 1.57. The molecule has 0 saturated heterocycles. The summed E-state index contributed by atoms with van der Waals surface area (Å²) in [5.74, 6) is -1.74. The molecule has 0 amide bonds. The molecule has 1 aliphatic carbocycles. The van der Waals surface area contributed by atoms with Crippen LogP contribution in [0.5, 0.6) is 0 Å². The van der Waals surface area contributed by atoms with Gasteiger partial charge in [-0.2, -0.15) is 0 Å². The van der Waals surface area contributed by atoms with Crippen LogP contribution >= 0.6 is 0 Å². The van der Waals surface area contributed by atoms with Gasteiger partial charge in [-0.25, -0.2) is 9.59 Å². The van der Waals surface area contributed by atoms with E-state index in [1.165, 1.54) is 0 Å². The SMILES string of the molecule is CC.O=C(O)C1=CCCC(c2ccc(C(=O)O)cc2)C=C1. The number of rotatable bonds is 3. The Morgan fingerprint density at radius 3 is 2.19 bits per heavy atom. The van der Waals surface area contributed by atoms with Crippen molar-refractivity contribution in [3.05, 3.63) is 59.2 Å². The Labute approximate surface area is 124 Å². The summed E-state index contributed by atoms with van der Waals surface area (Å²) in [7, 11) is 0. The summed E-state index contributed by atoms with van der Waals surface area (Å²) in [6, 6.07) is 6.71. The predicted molar refractivity (Wildman–Crippen MR) is 81.6 cm³/mol. The number of carbonyl (C=O) groups is 2. The molecular weight excluding hydrogens is 268 g/mol. The van der Waals surface area contributed by atoms with Crippen molar-refractivity contribution in [2.24, 2.45) is 0 Å². The van der Waals surface area contributed by atoms with Crippen molar-refractivity contribution in [1.29, 1.82) is 0 Å². The molecule has 0 saturated carbocycles. The molecule has 1 aliphatic rings. The number of aliphatic carboxylic acids is 1.